The average Bonchev–Trinajstić information content (AvgIpc) is 2.61. The first-order valence-electron chi connectivity index (χ1n) is 7.62. The summed E-state index contributed by atoms with van der Waals surface area (Å²) in [6.45, 7) is 1.32. The molecule has 10 heteroatoms. The van der Waals surface area contributed by atoms with Crippen molar-refractivity contribution in [1.82, 2.24) is 0 Å². The van der Waals surface area contributed by atoms with Crippen LogP contribution in [0.2, 0.25) is 0 Å². The minimum Gasteiger partial charge on any atom is -0.494 e. The van der Waals surface area contributed by atoms with Crippen molar-refractivity contribution in [3.8, 4) is 5.75 Å². The number of esters is 1. The molecule has 2 aromatic rings. The molecule has 0 aliphatic rings. The lowest BCUT2D eigenvalue weighted by Gasteiger charge is -2.15. The summed E-state index contributed by atoms with van der Waals surface area (Å²) < 4.78 is 23.1. The van der Waals surface area contributed by atoms with E-state index in [1.54, 1.807) is 0 Å². The Morgan fingerprint density at radius 2 is 1.96 bits per heavy atom. The number of amides is 1. The van der Waals surface area contributed by atoms with Crippen molar-refractivity contribution in [3.63, 3.8) is 0 Å². The molecule has 0 fully saturated rings. The Hall–Kier alpha value is -3.69. The van der Waals surface area contributed by atoms with E-state index in [2.05, 4.69) is 5.32 Å². The number of nitro groups is 1. The van der Waals surface area contributed by atoms with Crippen LogP contribution in [0.5, 0.6) is 5.75 Å². The van der Waals surface area contributed by atoms with Gasteiger partial charge in [0.1, 0.15) is 11.6 Å². The van der Waals surface area contributed by atoms with Gasteiger partial charge in [-0.25, -0.2) is 9.18 Å². The molecule has 1 atom stereocenters. The molecule has 0 aliphatic heterocycles. The maximum atomic E-state index is 13.0. The Morgan fingerprint density at radius 1 is 1.26 bits per heavy atom. The SMILES string of the molecule is COc1cc([N+](=O)[O-])ccc1NC(=O)[C@H](C)OC(=O)c1ccc(F)cc1N. The van der Waals surface area contributed by atoms with Crippen molar-refractivity contribution in [2.75, 3.05) is 18.2 Å². The third kappa shape index (κ3) is 4.69. The lowest BCUT2D eigenvalue weighted by molar-refractivity contribution is -0.384. The topological polar surface area (TPSA) is 134 Å². The van der Waals surface area contributed by atoms with E-state index in [0.29, 0.717) is 0 Å². The maximum Gasteiger partial charge on any atom is 0.341 e. The fourth-order valence-corrected chi connectivity index (χ4v) is 2.13. The van der Waals surface area contributed by atoms with E-state index in [-0.39, 0.29) is 28.4 Å². The molecule has 0 spiro atoms. The Bertz CT molecular complexity index is 902. The molecule has 0 radical (unpaired) electrons. The van der Waals surface area contributed by atoms with E-state index >= 15 is 0 Å². The number of hydrogen-bond donors (Lipinski definition) is 2. The minimum absolute atomic E-state index is 0.0684. The second kappa shape index (κ2) is 8.13. The molecule has 3 N–H and O–H groups in total. The smallest absolute Gasteiger partial charge is 0.341 e. The van der Waals surface area contributed by atoms with Crippen LogP contribution < -0.4 is 15.8 Å². The van der Waals surface area contributed by atoms with Crippen LogP contribution in [-0.2, 0) is 9.53 Å². The second-order valence-electron chi connectivity index (χ2n) is 5.41. The van der Waals surface area contributed by atoms with Gasteiger partial charge in [0.2, 0.25) is 0 Å². The minimum atomic E-state index is -1.22. The van der Waals surface area contributed by atoms with Crippen molar-refractivity contribution in [2.24, 2.45) is 0 Å². The molecule has 0 aliphatic carbocycles. The molecule has 0 bridgehead atoms. The van der Waals surface area contributed by atoms with Gasteiger partial charge in [0, 0.05) is 11.8 Å². The number of nitrogens with two attached hydrogens (primary N) is 1. The highest BCUT2D eigenvalue weighted by molar-refractivity contribution is 6.00. The molecule has 0 unspecified atom stereocenters. The van der Waals surface area contributed by atoms with Crippen LogP contribution in [0.15, 0.2) is 36.4 Å². The van der Waals surface area contributed by atoms with E-state index < -0.39 is 28.7 Å². The summed E-state index contributed by atoms with van der Waals surface area (Å²) in [5, 5.41) is 13.2. The molecule has 0 aromatic heterocycles. The van der Waals surface area contributed by atoms with Crippen LogP contribution in [0.3, 0.4) is 0 Å². The van der Waals surface area contributed by atoms with Crippen LogP contribution >= 0.6 is 0 Å². The molecule has 2 aromatic carbocycles. The molecular weight excluding hydrogens is 361 g/mol. The number of carbonyl (C=O) groups excluding carboxylic acids is 2. The standard InChI is InChI=1S/C17H16FN3O6/c1-9(27-17(23)12-5-3-10(18)7-13(12)19)16(22)20-14-6-4-11(21(24)25)8-15(14)26-2/h3-9H,19H2,1-2H3,(H,20,22)/t9-/m0/s1. The van der Waals surface area contributed by atoms with Crippen molar-refractivity contribution >= 4 is 28.9 Å². The number of hydrogen-bond acceptors (Lipinski definition) is 7. The van der Waals surface area contributed by atoms with Gasteiger partial charge in [-0.2, -0.15) is 0 Å². The van der Waals surface area contributed by atoms with Crippen molar-refractivity contribution < 1.29 is 28.4 Å². The molecule has 2 rings (SSSR count). The summed E-state index contributed by atoms with van der Waals surface area (Å²) in [4.78, 5) is 34.5. The van der Waals surface area contributed by atoms with E-state index in [9.17, 15) is 24.1 Å². The monoisotopic (exact) mass is 377 g/mol. The van der Waals surface area contributed by atoms with Gasteiger partial charge in [-0.15, -0.1) is 0 Å². The molecule has 1 amide bonds. The summed E-state index contributed by atoms with van der Waals surface area (Å²) in [7, 11) is 1.29. The van der Waals surface area contributed by atoms with E-state index in [4.69, 9.17) is 15.2 Å². The highest BCUT2D eigenvalue weighted by atomic mass is 19.1. The number of anilines is 2. The van der Waals surface area contributed by atoms with Crippen LogP contribution in [0, 0.1) is 15.9 Å². The zero-order valence-corrected chi connectivity index (χ0v) is 14.4. The zero-order valence-electron chi connectivity index (χ0n) is 14.4. The van der Waals surface area contributed by atoms with Gasteiger partial charge >= 0.3 is 5.97 Å². The zero-order chi connectivity index (χ0) is 20.1. The van der Waals surface area contributed by atoms with Gasteiger partial charge in [-0.05, 0) is 31.2 Å². The number of nitrogens with zero attached hydrogens (tertiary/aromatic N) is 1. The predicted molar refractivity (Wildman–Crippen MR) is 94.0 cm³/mol. The number of nitrogens with one attached hydrogen (secondary N) is 1. The number of benzene rings is 2. The van der Waals surface area contributed by atoms with Crippen LogP contribution in [-0.4, -0.2) is 30.0 Å². The number of ether oxygens (including phenoxy) is 2. The summed E-state index contributed by atoms with van der Waals surface area (Å²) in [6.07, 6.45) is -1.22. The Labute approximate surface area is 153 Å². The molecular formula is C17H16FN3O6. The van der Waals surface area contributed by atoms with Crippen molar-refractivity contribution in [2.45, 2.75) is 13.0 Å². The van der Waals surface area contributed by atoms with E-state index in [1.807, 2.05) is 0 Å². The number of non-ortho nitro benzene ring substituents is 1. The summed E-state index contributed by atoms with van der Waals surface area (Å²) in [5.74, 6) is -2.14. The number of carbonyl (C=O) groups is 2. The summed E-state index contributed by atoms with van der Waals surface area (Å²) in [5.41, 5.74) is 5.31. The number of methoxy groups -OCH3 is 1. The lowest BCUT2D eigenvalue weighted by atomic mass is 10.2. The lowest BCUT2D eigenvalue weighted by Crippen LogP contribution is -2.30. The van der Waals surface area contributed by atoms with Gasteiger partial charge in [0.15, 0.2) is 6.10 Å². The molecule has 0 saturated heterocycles. The summed E-state index contributed by atoms with van der Waals surface area (Å²) in [6, 6.07) is 6.78. The first-order chi connectivity index (χ1) is 12.7. The third-order valence-electron chi connectivity index (χ3n) is 3.54. The highest BCUT2D eigenvalue weighted by Gasteiger charge is 2.22. The molecule has 142 valence electrons. The highest BCUT2D eigenvalue weighted by Crippen LogP contribution is 2.29. The van der Waals surface area contributed by atoms with Gasteiger partial charge in [-0.1, -0.05) is 0 Å². The first kappa shape index (κ1) is 19.6. The molecule has 27 heavy (non-hydrogen) atoms. The quantitative estimate of drug-likeness (QED) is 0.342. The molecule has 0 saturated carbocycles. The van der Waals surface area contributed by atoms with Gasteiger partial charge in [-0.3, -0.25) is 14.9 Å². The number of nitro benzene ring substituents is 1. The number of rotatable bonds is 6. The second-order valence-corrected chi connectivity index (χ2v) is 5.41. The molecule has 0 heterocycles. The van der Waals surface area contributed by atoms with E-state index in [1.165, 1.54) is 26.2 Å². The fraction of sp³-hybridized carbons (Fsp3) is 0.176. The normalized spacial score (nSPS) is 11.4. The van der Waals surface area contributed by atoms with Crippen LogP contribution in [0.4, 0.5) is 21.5 Å². The number of nitrogen functional groups attached to an aromatic ring is 1. The Balaban J connectivity index is 2.09. The predicted octanol–water partition coefficient (Wildman–Crippen LogP) is 2.51. The largest absolute Gasteiger partial charge is 0.494 e. The molecule has 9 nitrogen and oxygen atoms in total. The Morgan fingerprint density at radius 3 is 2.56 bits per heavy atom. The maximum absolute atomic E-state index is 13.0. The Kier molecular flexibility index (Phi) is 5.91. The fourth-order valence-electron chi connectivity index (χ4n) is 2.13. The average molecular weight is 377 g/mol. The number of halogens is 1. The van der Waals surface area contributed by atoms with Gasteiger partial charge in [0.25, 0.3) is 11.6 Å². The van der Waals surface area contributed by atoms with Crippen LogP contribution in [0.1, 0.15) is 17.3 Å². The summed E-state index contributed by atoms with van der Waals surface area (Å²) >= 11 is 0. The third-order valence-corrected chi connectivity index (χ3v) is 3.54. The van der Waals surface area contributed by atoms with Gasteiger partial charge in [0.05, 0.1) is 29.4 Å². The van der Waals surface area contributed by atoms with E-state index in [0.717, 1.165) is 24.3 Å². The van der Waals surface area contributed by atoms with Crippen LogP contribution in [0.25, 0.3) is 0 Å². The van der Waals surface area contributed by atoms with Crippen molar-refractivity contribution in [3.05, 3.63) is 57.9 Å². The van der Waals surface area contributed by atoms with Gasteiger partial charge < -0.3 is 20.5 Å². The first-order valence-corrected chi connectivity index (χ1v) is 7.62. The van der Waals surface area contributed by atoms with Crippen molar-refractivity contribution in [1.29, 1.82) is 0 Å².